The van der Waals surface area contributed by atoms with Crippen LogP contribution in [-0.4, -0.2) is 25.9 Å². The number of benzene rings is 2. The van der Waals surface area contributed by atoms with E-state index in [4.69, 9.17) is 0 Å². The van der Waals surface area contributed by atoms with E-state index in [1.54, 1.807) is 54.7 Å². The third-order valence-corrected chi connectivity index (χ3v) is 6.91. The molecule has 0 bridgehead atoms. The van der Waals surface area contributed by atoms with Crippen molar-refractivity contribution in [1.82, 2.24) is 10.3 Å². The quantitative estimate of drug-likeness (QED) is 0.637. The molecule has 1 atom stereocenters. The number of sulfone groups is 1. The molecule has 6 heteroatoms. The van der Waals surface area contributed by atoms with Crippen LogP contribution in [0.2, 0.25) is 0 Å². The molecule has 0 spiro atoms. The Morgan fingerprint density at radius 1 is 0.931 bits per heavy atom. The van der Waals surface area contributed by atoms with Crippen molar-refractivity contribution in [1.29, 1.82) is 0 Å². The monoisotopic (exact) mass is 408 g/mol. The lowest BCUT2D eigenvalue weighted by Crippen LogP contribution is -2.32. The Morgan fingerprint density at radius 3 is 2.21 bits per heavy atom. The fraction of sp³-hybridized carbons (Fsp3) is 0.217. The second-order valence-corrected chi connectivity index (χ2v) is 9.25. The second kappa shape index (κ2) is 9.01. The molecule has 3 rings (SSSR count). The van der Waals surface area contributed by atoms with Crippen molar-refractivity contribution in [2.45, 2.75) is 29.9 Å². The summed E-state index contributed by atoms with van der Waals surface area (Å²) in [4.78, 5) is 16.7. The van der Waals surface area contributed by atoms with E-state index >= 15 is 0 Å². The molecular formula is C23H24N2O3S. The van der Waals surface area contributed by atoms with Crippen LogP contribution in [0.5, 0.6) is 0 Å². The molecule has 0 aliphatic rings. The number of aromatic nitrogens is 1. The summed E-state index contributed by atoms with van der Waals surface area (Å²) in [5, 5.41) is 1.82. The first kappa shape index (κ1) is 20.7. The summed E-state index contributed by atoms with van der Waals surface area (Å²) >= 11 is 0. The van der Waals surface area contributed by atoms with Crippen molar-refractivity contribution in [3.05, 3.63) is 95.8 Å². The van der Waals surface area contributed by atoms with E-state index in [9.17, 15) is 13.2 Å². The zero-order valence-electron chi connectivity index (χ0n) is 16.4. The van der Waals surface area contributed by atoms with Gasteiger partial charge in [-0.3, -0.25) is 9.78 Å². The van der Waals surface area contributed by atoms with E-state index in [2.05, 4.69) is 24.1 Å². The summed E-state index contributed by atoms with van der Waals surface area (Å²) in [7, 11) is -3.73. The van der Waals surface area contributed by atoms with Gasteiger partial charge in [0.15, 0.2) is 9.84 Å². The van der Waals surface area contributed by atoms with Gasteiger partial charge in [-0.05, 0) is 47.4 Å². The highest BCUT2D eigenvalue weighted by molar-refractivity contribution is 7.91. The largest absolute Gasteiger partial charge is 0.350 e. The smallest absolute Gasteiger partial charge is 0.251 e. The van der Waals surface area contributed by atoms with Gasteiger partial charge < -0.3 is 5.32 Å². The summed E-state index contributed by atoms with van der Waals surface area (Å²) in [5.41, 5.74) is 2.09. The fourth-order valence-corrected chi connectivity index (χ4v) is 4.70. The first-order valence-electron chi connectivity index (χ1n) is 9.46. The van der Waals surface area contributed by atoms with Crippen molar-refractivity contribution >= 4 is 15.7 Å². The molecule has 150 valence electrons. The first-order valence-corrected chi connectivity index (χ1v) is 11.0. The van der Waals surface area contributed by atoms with Crippen molar-refractivity contribution in [3.8, 4) is 0 Å². The molecule has 0 aliphatic carbocycles. The van der Waals surface area contributed by atoms with Crippen LogP contribution in [0.15, 0.2) is 84.0 Å². The third-order valence-electron chi connectivity index (χ3n) is 4.79. The molecule has 2 aromatic carbocycles. The number of nitrogens with zero attached hydrogens (tertiary/aromatic N) is 1. The molecule has 0 radical (unpaired) electrons. The molecule has 1 amide bonds. The van der Waals surface area contributed by atoms with E-state index in [0.717, 1.165) is 5.56 Å². The number of amides is 1. The standard InChI is InChI=1S/C23H24N2O3S/c1-17(2)18-10-12-21(13-11-18)29(27,28)22(20-9-6-14-24-15-20)16-25-23(26)19-7-4-3-5-8-19/h3-15,17,22H,16H2,1-2H3,(H,25,26). The Bertz CT molecular complexity index is 1050. The van der Waals surface area contributed by atoms with Gasteiger partial charge in [-0.15, -0.1) is 0 Å². The van der Waals surface area contributed by atoms with E-state index in [0.29, 0.717) is 17.0 Å². The molecule has 1 aromatic heterocycles. The topological polar surface area (TPSA) is 76.1 Å². The molecule has 1 N–H and O–H groups in total. The van der Waals surface area contributed by atoms with E-state index in [1.165, 1.54) is 6.20 Å². The fourth-order valence-electron chi connectivity index (χ4n) is 3.06. The van der Waals surface area contributed by atoms with Crippen LogP contribution in [0.4, 0.5) is 0 Å². The summed E-state index contributed by atoms with van der Waals surface area (Å²) in [5.74, 6) is -0.00381. The van der Waals surface area contributed by atoms with E-state index in [-0.39, 0.29) is 17.3 Å². The lowest BCUT2D eigenvalue weighted by Gasteiger charge is -2.19. The van der Waals surface area contributed by atoms with Gasteiger partial charge in [-0.1, -0.05) is 50.2 Å². The Morgan fingerprint density at radius 2 is 1.62 bits per heavy atom. The first-order chi connectivity index (χ1) is 13.9. The summed E-state index contributed by atoms with van der Waals surface area (Å²) in [6.45, 7) is 4.07. The van der Waals surface area contributed by atoms with Crippen molar-refractivity contribution in [3.63, 3.8) is 0 Å². The van der Waals surface area contributed by atoms with Gasteiger partial charge in [-0.25, -0.2) is 8.42 Å². The van der Waals surface area contributed by atoms with Gasteiger partial charge >= 0.3 is 0 Å². The van der Waals surface area contributed by atoms with Crippen LogP contribution in [0.25, 0.3) is 0 Å². The number of hydrogen-bond donors (Lipinski definition) is 1. The van der Waals surface area contributed by atoms with Gasteiger partial charge in [-0.2, -0.15) is 0 Å². The molecule has 1 unspecified atom stereocenters. The maximum atomic E-state index is 13.4. The molecule has 0 fully saturated rings. The number of pyridine rings is 1. The average Bonchev–Trinajstić information content (AvgIpc) is 2.75. The Hall–Kier alpha value is -2.99. The third kappa shape index (κ3) is 4.90. The minimum absolute atomic E-state index is 0.0479. The minimum atomic E-state index is -3.73. The summed E-state index contributed by atoms with van der Waals surface area (Å²) in [6.07, 6.45) is 3.12. The number of carbonyl (C=O) groups excluding carboxylic acids is 1. The molecular weight excluding hydrogens is 384 g/mol. The minimum Gasteiger partial charge on any atom is -0.350 e. The SMILES string of the molecule is CC(C)c1ccc(S(=O)(=O)C(CNC(=O)c2ccccc2)c2cccnc2)cc1. The molecule has 3 aromatic rings. The van der Waals surface area contributed by atoms with Crippen molar-refractivity contribution < 1.29 is 13.2 Å². The molecule has 5 nitrogen and oxygen atoms in total. The van der Waals surface area contributed by atoms with Crippen molar-refractivity contribution in [2.24, 2.45) is 0 Å². The molecule has 29 heavy (non-hydrogen) atoms. The Labute approximate surface area is 171 Å². The highest BCUT2D eigenvalue weighted by atomic mass is 32.2. The zero-order chi connectivity index (χ0) is 20.9. The number of rotatable bonds is 7. The van der Waals surface area contributed by atoms with Gasteiger partial charge in [0.2, 0.25) is 0 Å². The van der Waals surface area contributed by atoms with Gasteiger partial charge in [0.05, 0.1) is 4.90 Å². The molecule has 0 saturated heterocycles. The van der Waals surface area contributed by atoms with Gasteiger partial charge in [0.25, 0.3) is 5.91 Å². The van der Waals surface area contributed by atoms with Gasteiger partial charge in [0, 0.05) is 24.5 Å². The maximum absolute atomic E-state index is 13.4. The summed E-state index contributed by atoms with van der Waals surface area (Å²) in [6, 6.07) is 19.1. The van der Waals surface area contributed by atoms with Crippen molar-refractivity contribution in [2.75, 3.05) is 6.54 Å². The van der Waals surface area contributed by atoms with Crippen LogP contribution in [-0.2, 0) is 9.84 Å². The number of nitrogens with one attached hydrogen (secondary N) is 1. The maximum Gasteiger partial charge on any atom is 0.251 e. The highest BCUT2D eigenvalue weighted by Crippen LogP contribution is 2.29. The van der Waals surface area contributed by atoms with Gasteiger partial charge in [0.1, 0.15) is 5.25 Å². The second-order valence-electron chi connectivity index (χ2n) is 7.12. The number of hydrogen-bond acceptors (Lipinski definition) is 4. The lowest BCUT2D eigenvalue weighted by atomic mass is 10.0. The summed E-state index contributed by atoms with van der Waals surface area (Å²) < 4.78 is 26.8. The predicted octanol–water partition coefficient (Wildman–Crippen LogP) is 4.15. The average molecular weight is 409 g/mol. The highest BCUT2D eigenvalue weighted by Gasteiger charge is 2.30. The van der Waals surface area contributed by atoms with Crippen LogP contribution in [0.3, 0.4) is 0 Å². The van der Waals surface area contributed by atoms with Crippen LogP contribution in [0, 0.1) is 0 Å². The molecule has 0 aliphatic heterocycles. The van der Waals surface area contributed by atoms with E-state index < -0.39 is 15.1 Å². The van der Waals surface area contributed by atoms with Crippen LogP contribution < -0.4 is 5.32 Å². The Balaban J connectivity index is 1.90. The predicted molar refractivity (Wildman–Crippen MR) is 113 cm³/mol. The molecule has 0 saturated carbocycles. The molecule has 1 heterocycles. The normalized spacial score (nSPS) is 12.5. The Kier molecular flexibility index (Phi) is 6.44. The lowest BCUT2D eigenvalue weighted by molar-refractivity contribution is 0.0953. The van der Waals surface area contributed by atoms with Crippen LogP contribution in [0.1, 0.15) is 46.5 Å². The van der Waals surface area contributed by atoms with E-state index in [1.807, 2.05) is 18.2 Å². The zero-order valence-corrected chi connectivity index (χ0v) is 17.3. The van der Waals surface area contributed by atoms with Crippen LogP contribution >= 0.6 is 0 Å². The number of carbonyl (C=O) groups is 1.